The number of methoxy groups -OCH3 is 2. The van der Waals surface area contributed by atoms with Crippen molar-refractivity contribution >= 4 is 5.78 Å². The molecule has 0 heterocycles. The van der Waals surface area contributed by atoms with E-state index >= 15 is 0 Å². The maximum Gasteiger partial charge on any atom is 0.201 e. The highest BCUT2D eigenvalue weighted by Crippen LogP contribution is 2.43. The number of ether oxygens (including phenoxy) is 2. The maximum atomic E-state index is 11.2. The standard InChI is InChI=1S/C10H12O5/c1-5(11)8-6(14-2)4-7(15-3)9(12)10(8)13/h4,12-13H,1-3H3. The van der Waals surface area contributed by atoms with Crippen LogP contribution in [-0.4, -0.2) is 30.2 Å². The first kappa shape index (κ1) is 11.2. The first-order valence-corrected chi connectivity index (χ1v) is 4.20. The zero-order valence-corrected chi connectivity index (χ0v) is 8.70. The number of Topliss-reactive ketones (excluding diaryl/α,β-unsaturated/α-hetero) is 1. The molecular weight excluding hydrogens is 200 g/mol. The third-order valence-corrected chi connectivity index (χ3v) is 1.99. The van der Waals surface area contributed by atoms with E-state index in [0.717, 1.165) is 0 Å². The Labute approximate surface area is 86.9 Å². The highest BCUT2D eigenvalue weighted by Gasteiger charge is 2.21. The van der Waals surface area contributed by atoms with E-state index in [9.17, 15) is 15.0 Å². The lowest BCUT2D eigenvalue weighted by atomic mass is 10.1. The van der Waals surface area contributed by atoms with Crippen LogP contribution in [0.4, 0.5) is 0 Å². The average molecular weight is 212 g/mol. The molecule has 15 heavy (non-hydrogen) atoms. The summed E-state index contributed by atoms with van der Waals surface area (Å²) in [6.45, 7) is 1.27. The number of ketones is 1. The summed E-state index contributed by atoms with van der Waals surface area (Å²) in [5.74, 6) is -1.19. The van der Waals surface area contributed by atoms with E-state index in [1.165, 1.54) is 27.2 Å². The van der Waals surface area contributed by atoms with Crippen LogP contribution in [0.2, 0.25) is 0 Å². The van der Waals surface area contributed by atoms with Gasteiger partial charge >= 0.3 is 0 Å². The summed E-state index contributed by atoms with van der Waals surface area (Å²) in [5.41, 5.74) is -0.0594. The third kappa shape index (κ3) is 1.81. The molecule has 1 aromatic rings. The number of aromatic hydroxyl groups is 2. The Morgan fingerprint density at radius 2 is 1.67 bits per heavy atom. The van der Waals surface area contributed by atoms with Crippen LogP contribution in [0.25, 0.3) is 0 Å². The monoisotopic (exact) mass is 212 g/mol. The second kappa shape index (κ2) is 4.08. The molecule has 1 aromatic carbocycles. The van der Waals surface area contributed by atoms with E-state index in [1.807, 2.05) is 0 Å². The van der Waals surface area contributed by atoms with Crippen molar-refractivity contribution in [1.82, 2.24) is 0 Å². The third-order valence-electron chi connectivity index (χ3n) is 1.99. The van der Waals surface area contributed by atoms with Gasteiger partial charge in [-0.3, -0.25) is 4.79 Å². The number of hydrogen-bond acceptors (Lipinski definition) is 5. The molecule has 0 saturated heterocycles. The molecule has 0 aromatic heterocycles. The van der Waals surface area contributed by atoms with E-state index in [2.05, 4.69) is 0 Å². The van der Waals surface area contributed by atoms with Crippen molar-refractivity contribution in [1.29, 1.82) is 0 Å². The molecule has 0 bridgehead atoms. The fourth-order valence-corrected chi connectivity index (χ4v) is 1.27. The minimum absolute atomic E-state index is 0.0503. The van der Waals surface area contributed by atoms with Crippen molar-refractivity contribution in [3.63, 3.8) is 0 Å². The number of benzene rings is 1. The molecule has 0 unspecified atom stereocenters. The predicted molar refractivity (Wildman–Crippen MR) is 52.9 cm³/mol. The van der Waals surface area contributed by atoms with Gasteiger partial charge in [-0.25, -0.2) is 0 Å². The molecule has 2 N–H and O–H groups in total. The SMILES string of the molecule is COc1cc(OC)c(C(C)=O)c(O)c1O. The number of phenols is 2. The van der Waals surface area contributed by atoms with Crippen LogP contribution < -0.4 is 9.47 Å². The van der Waals surface area contributed by atoms with Crippen LogP contribution in [-0.2, 0) is 0 Å². The van der Waals surface area contributed by atoms with E-state index in [4.69, 9.17) is 9.47 Å². The lowest BCUT2D eigenvalue weighted by molar-refractivity contribution is 0.101. The molecular formula is C10H12O5. The quantitative estimate of drug-likeness (QED) is 0.583. The average Bonchev–Trinajstić information content (AvgIpc) is 2.20. The van der Waals surface area contributed by atoms with Crippen molar-refractivity contribution in [3.8, 4) is 23.0 Å². The highest BCUT2D eigenvalue weighted by molar-refractivity contribution is 6.00. The summed E-state index contributed by atoms with van der Waals surface area (Å²) < 4.78 is 9.71. The molecule has 5 heteroatoms. The van der Waals surface area contributed by atoms with Crippen LogP contribution in [0.5, 0.6) is 23.0 Å². The Morgan fingerprint density at radius 1 is 1.13 bits per heavy atom. The van der Waals surface area contributed by atoms with Crippen LogP contribution in [0.1, 0.15) is 17.3 Å². The van der Waals surface area contributed by atoms with Gasteiger partial charge in [0.15, 0.2) is 17.3 Å². The molecule has 5 nitrogen and oxygen atoms in total. The summed E-state index contributed by atoms with van der Waals surface area (Å²) in [6.07, 6.45) is 0. The molecule has 0 spiro atoms. The zero-order valence-electron chi connectivity index (χ0n) is 8.70. The summed E-state index contributed by atoms with van der Waals surface area (Å²) in [4.78, 5) is 11.2. The molecule has 0 saturated carbocycles. The van der Waals surface area contributed by atoms with Gasteiger partial charge in [0, 0.05) is 6.07 Å². The summed E-state index contributed by atoms with van der Waals surface area (Å²) >= 11 is 0. The number of hydrogen-bond donors (Lipinski definition) is 2. The van der Waals surface area contributed by atoms with Crippen LogP contribution >= 0.6 is 0 Å². The predicted octanol–water partition coefficient (Wildman–Crippen LogP) is 1.32. The van der Waals surface area contributed by atoms with Gasteiger partial charge in [-0.15, -0.1) is 0 Å². The van der Waals surface area contributed by atoms with E-state index in [1.54, 1.807) is 0 Å². The first-order chi connectivity index (χ1) is 7.02. The normalized spacial score (nSPS) is 9.80. The summed E-state index contributed by atoms with van der Waals surface area (Å²) in [7, 11) is 2.69. The topological polar surface area (TPSA) is 76.0 Å². The first-order valence-electron chi connectivity index (χ1n) is 4.20. The van der Waals surface area contributed by atoms with Gasteiger partial charge in [-0.2, -0.15) is 0 Å². The van der Waals surface area contributed by atoms with Gasteiger partial charge in [0.25, 0.3) is 0 Å². The van der Waals surface area contributed by atoms with Crippen molar-refractivity contribution in [2.45, 2.75) is 6.92 Å². The van der Waals surface area contributed by atoms with Crippen LogP contribution in [0.15, 0.2) is 6.07 Å². The fraction of sp³-hybridized carbons (Fsp3) is 0.300. The van der Waals surface area contributed by atoms with Gasteiger partial charge < -0.3 is 19.7 Å². The Bertz CT molecular complexity index is 397. The van der Waals surface area contributed by atoms with Crippen molar-refractivity contribution in [2.24, 2.45) is 0 Å². The van der Waals surface area contributed by atoms with Crippen molar-refractivity contribution in [3.05, 3.63) is 11.6 Å². The van der Waals surface area contributed by atoms with Gasteiger partial charge in [-0.05, 0) is 6.92 Å². The minimum atomic E-state index is -0.529. The Hall–Kier alpha value is -1.91. The van der Waals surface area contributed by atoms with Gasteiger partial charge in [-0.1, -0.05) is 0 Å². The smallest absolute Gasteiger partial charge is 0.201 e. The van der Waals surface area contributed by atoms with Gasteiger partial charge in [0.2, 0.25) is 5.75 Å². The zero-order chi connectivity index (χ0) is 11.6. The van der Waals surface area contributed by atoms with Gasteiger partial charge in [0.1, 0.15) is 11.3 Å². The van der Waals surface area contributed by atoms with Gasteiger partial charge in [0.05, 0.1) is 14.2 Å². The number of carbonyl (C=O) groups excluding carboxylic acids is 1. The second-order valence-corrected chi connectivity index (χ2v) is 2.91. The van der Waals surface area contributed by atoms with Crippen molar-refractivity contribution in [2.75, 3.05) is 14.2 Å². The highest BCUT2D eigenvalue weighted by atomic mass is 16.5. The Balaban J connectivity index is 3.51. The summed E-state index contributed by atoms with van der Waals surface area (Å²) in [5, 5.41) is 19.0. The maximum absolute atomic E-state index is 11.2. The lowest BCUT2D eigenvalue weighted by Gasteiger charge is -2.12. The lowest BCUT2D eigenvalue weighted by Crippen LogP contribution is -1.99. The fourth-order valence-electron chi connectivity index (χ4n) is 1.27. The van der Waals surface area contributed by atoms with Crippen molar-refractivity contribution < 1.29 is 24.5 Å². The number of carbonyl (C=O) groups is 1. The number of rotatable bonds is 3. The van der Waals surface area contributed by atoms with E-state index in [-0.39, 0.29) is 17.1 Å². The van der Waals surface area contributed by atoms with E-state index < -0.39 is 17.3 Å². The molecule has 0 amide bonds. The Kier molecular flexibility index (Phi) is 3.04. The summed E-state index contributed by atoms with van der Waals surface area (Å²) in [6, 6.07) is 1.34. The molecule has 0 aliphatic heterocycles. The minimum Gasteiger partial charge on any atom is -0.504 e. The van der Waals surface area contributed by atoms with E-state index in [0.29, 0.717) is 0 Å². The largest absolute Gasteiger partial charge is 0.504 e. The number of phenolic OH excluding ortho intramolecular Hbond substituents is 2. The molecule has 0 aliphatic rings. The van der Waals surface area contributed by atoms with Crippen LogP contribution in [0, 0.1) is 0 Å². The molecule has 0 atom stereocenters. The Morgan fingerprint density at radius 3 is 2.07 bits per heavy atom. The second-order valence-electron chi connectivity index (χ2n) is 2.91. The molecule has 82 valence electrons. The molecule has 0 fully saturated rings. The molecule has 0 radical (unpaired) electrons. The van der Waals surface area contributed by atoms with Crippen LogP contribution in [0.3, 0.4) is 0 Å². The molecule has 0 aliphatic carbocycles. The molecule has 1 rings (SSSR count).